The number of nitrogens with zero attached hydrogens (tertiary/aromatic N) is 2. The maximum atomic E-state index is 11.8. The zero-order valence-corrected chi connectivity index (χ0v) is 30.0. The second-order valence-electron chi connectivity index (χ2n) is 9.70. The number of hydrogen-bond acceptors (Lipinski definition) is 10. The number of hydrogen-bond donors (Lipinski definition) is 16. The summed E-state index contributed by atoms with van der Waals surface area (Å²) >= 11 is 0. The summed E-state index contributed by atoms with van der Waals surface area (Å²) in [6, 6.07) is 0. The third-order valence-corrected chi connectivity index (χ3v) is 20.1. The smallest absolute Gasteiger partial charge is 0.323 e. The first kappa shape index (κ1) is 47.1. The van der Waals surface area contributed by atoms with Gasteiger partial charge in [-0.25, -0.2) is 0 Å². The fourth-order valence-corrected chi connectivity index (χ4v) is 16.5. The monoisotopic (exact) mass is 840 g/mol. The van der Waals surface area contributed by atoms with Gasteiger partial charge in [-0.1, -0.05) is 25.7 Å². The van der Waals surface area contributed by atoms with Crippen LogP contribution in [-0.2, 0) is 36.5 Å². The van der Waals surface area contributed by atoms with Crippen molar-refractivity contribution < 1.29 is 115 Å². The summed E-state index contributed by atoms with van der Waals surface area (Å²) in [4.78, 5) is 151. The van der Waals surface area contributed by atoms with E-state index < -0.39 is 109 Å². The molecule has 0 atom stereocenters. The van der Waals surface area contributed by atoms with E-state index in [2.05, 4.69) is 0 Å². The Morgan fingerprint density at radius 3 is 0.543 bits per heavy atom. The molecule has 0 aromatic heterocycles. The molecule has 0 aliphatic rings. The lowest BCUT2D eigenvalue weighted by Gasteiger charge is -2.38. The predicted octanol–water partition coefficient (Wildman–Crippen LogP) is -1.51. The van der Waals surface area contributed by atoms with Gasteiger partial charge < -0.3 is 78.3 Å². The molecule has 26 nitrogen and oxygen atoms in total. The lowest BCUT2D eigenvalue weighted by atomic mass is 10.1. The van der Waals surface area contributed by atoms with Gasteiger partial charge in [0.2, 0.25) is 22.1 Å². The summed E-state index contributed by atoms with van der Waals surface area (Å²) in [5.74, 6) is 0. The van der Waals surface area contributed by atoms with Crippen molar-refractivity contribution in [2.45, 2.75) is 60.6 Å². The van der Waals surface area contributed by atoms with Crippen molar-refractivity contribution in [2.24, 2.45) is 0 Å². The summed E-state index contributed by atoms with van der Waals surface area (Å²) in [5.41, 5.74) is -13.5. The van der Waals surface area contributed by atoms with Gasteiger partial charge in [-0.15, -0.1) is 0 Å². The maximum Gasteiger partial charge on any atom is 0.355 e. The molecule has 16 N–H and O–H groups in total. The molecule has 0 spiro atoms. The first-order chi connectivity index (χ1) is 20.0. The van der Waals surface area contributed by atoms with E-state index in [1.807, 2.05) is 0 Å². The maximum absolute atomic E-state index is 11.8. The van der Waals surface area contributed by atoms with Gasteiger partial charge in [-0.2, -0.15) is 0 Å². The molecule has 0 heterocycles. The molecular formula is C12H36N2O24P8. The second kappa shape index (κ2) is 16.6. The summed E-state index contributed by atoms with van der Waals surface area (Å²) in [6.07, 6.45) is -1.41. The van der Waals surface area contributed by atoms with Crippen molar-refractivity contribution in [3.05, 3.63) is 0 Å². The van der Waals surface area contributed by atoms with Gasteiger partial charge in [0.05, 0.1) is 0 Å². The number of unbranched alkanes of at least 4 members (excludes halogenated alkanes) is 5. The Hall–Kier alpha value is 1.12. The van der Waals surface area contributed by atoms with Gasteiger partial charge in [-0.3, -0.25) is 46.3 Å². The van der Waals surface area contributed by atoms with Crippen molar-refractivity contribution in [2.75, 3.05) is 13.1 Å². The van der Waals surface area contributed by atoms with Crippen LogP contribution in [-0.4, -0.2) is 123 Å². The molecule has 0 aliphatic carbocycles. The zero-order chi connectivity index (χ0) is 37.1. The van der Waals surface area contributed by atoms with Crippen molar-refractivity contribution in [3.8, 4) is 0 Å². The molecule has 278 valence electrons. The van der Waals surface area contributed by atoms with Crippen molar-refractivity contribution in [1.29, 1.82) is 0 Å². The molecule has 0 unspecified atom stereocenters. The van der Waals surface area contributed by atoms with Crippen LogP contribution >= 0.6 is 60.8 Å². The Kier molecular flexibility index (Phi) is 17.0. The average Bonchev–Trinajstić information content (AvgIpc) is 2.66. The van der Waals surface area contributed by atoms with Gasteiger partial charge in [0.1, 0.15) is 0 Å². The van der Waals surface area contributed by atoms with E-state index in [-0.39, 0.29) is 35.5 Å². The van der Waals surface area contributed by atoms with E-state index in [1.165, 1.54) is 0 Å². The fourth-order valence-electron chi connectivity index (χ4n) is 4.33. The molecule has 46 heavy (non-hydrogen) atoms. The molecule has 0 fully saturated rings. The third kappa shape index (κ3) is 15.2. The molecule has 0 saturated heterocycles. The predicted molar refractivity (Wildman–Crippen MR) is 153 cm³/mol. The topological polar surface area (TPSA) is 467 Å². The van der Waals surface area contributed by atoms with E-state index in [0.717, 1.165) is 0 Å². The quantitative estimate of drug-likeness (QED) is 0.0461. The summed E-state index contributed by atoms with van der Waals surface area (Å²) in [5, 5.41) is 0. The van der Waals surface area contributed by atoms with Crippen LogP contribution in [0.25, 0.3) is 0 Å². The molecule has 0 aromatic rings. The fraction of sp³-hybridized carbons (Fsp3) is 1.00. The number of rotatable bonds is 21. The minimum absolute atomic E-state index is 0.0400. The molecule has 0 radical (unpaired) electrons. The van der Waals surface area contributed by atoms with Gasteiger partial charge >= 0.3 is 60.8 Å². The van der Waals surface area contributed by atoms with Gasteiger partial charge in [-0.05, 0) is 12.8 Å². The Morgan fingerprint density at radius 1 is 0.283 bits per heavy atom. The Balaban J connectivity index is 5.93. The molecule has 0 aliphatic heterocycles. The van der Waals surface area contributed by atoms with E-state index >= 15 is 0 Å². The first-order valence-corrected chi connectivity index (χ1v) is 25.3. The van der Waals surface area contributed by atoms with Crippen LogP contribution in [0, 0.1) is 0 Å². The van der Waals surface area contributed by atoms with Crippen LogP contribution in [0.1, 0.15) is 38.5 Å². The minimum Gasteiger partial charge on any atom is -0.323 e. The van der Waals surface area contributed by atoms with Crippen LogP contribution in [0.2, 0.25) is 0 Å². The van der Waals surface area contributed by atoms with Gasteiger partial charge in [0.15, 0.2) is 0 Å². The van der Waals surface area contributed by atoms with E-state index in [4.69, 9.17) is 0 Å². The molecule has 34 heteroatoms. The van der Waals surface area contributed by atoms with Crippen LogP contribution < -0.4 is 0 Å². The average molecular weight is 840 g/mol. The largest absolute Gasteiger partial charge is 0.355 e. The normalized spacial score (nSPS) is 15.3. The van der Waals surface area contributed by atoms with Crippen molar-refractivity contribution >= 4 is 60.8 Å². The van der Waals surface area contributed by atoms with Crippen LogP contribution in [0.3, 0.4) is 0 Å². The third-order valence-electron chi connectivity index (χ3n) is 5.68. The van der Waals surface area contributed by atoms with Gasteiger partial charge in [0, 0.05) is 13.1 Å². The molecule has 0 bridgehead atoms. The standard InChI is InChI=1S/C12H36N2O24P8/c15-39(16,17)9(40(18,19)20)13(10(41(21,22)23)42(24,25)26)7-5-3-1-2-4-6-8-14(11(43(27,28)29)44(30,31)32)12(45(33,34)35)46(36,37)38/h9-12H,1-8H2,(H2,15,16,17)(H2,18,19,20)(H2,21,22,23)(H2,24,25,26)(H2,27,28,29)(H2,30,31,32)(H2,33,34,35)(H2,36,37,38). The highest BCUT2D eigenvalue weighted by molar-refractivity contribution is 7.73. The SMILES string of the molecule is O=P(O)(O)C(N(CCCCCCCCN(C(P(=O)(O)O)P(=O)(O)O)C(P(=O)(O)O)P(=O)(O)O)C(P(=O)(O)O)P(=O)(O)O)P(=O)(O)O. The van der Waals surface area contributed by atoms with E-state index in [1.54, 1.807) is 0 Å². The van der Waals surface area contributed by atoms with Crippen molar-refractivity contribution in [1.82, 2.24) is 9.80 Å². The van der Waals surface area contributed by atoms with Crippen LogP contribution in [0.4, 0.5) is 0 Å². The second-order valence-corrected chi connectivity index (χ2v) is 24.7. The molecular weight excluding hydrogens is 804 g/mol. The first-order valence-electron chi connectivity index (χ1n) is 11.9. The van der Waals surface area contributed by atoms with E-state index in [0.29, 0.717) is 0 Å². The lowest BCUT2D eigenvalue weighted by molar-refractivity contribution is 0.192. The highest BCUT2D eigenvalue weighted by Gasteiger charge is 2.59. The van der Waals surface area contributed by atoms with Crippen LogP contribution in [0.15, 0.2) is 0 Å². The summed E-state index contributed by atoms with van der Waals surface area (Å²) in [7, 11) is -48.3. The molecule has 0 aromatic carbocycles. The molecule has 0 amide bonds. The highest BCUT2D eigenvalue weighted by Crippen LogP contribution is 2.70. The zero-order valence-electron chi connectivity index (χ0n) is 22.9. The molecule has 0 saturated carbocycles. The molecule has 0 rings (SSSR count). The Labute approximate surface area is 259 Å². The summed E-state index contributed by atoms with van der Waals surface area (Å²) in [6.45, 7) is -2.23. The lowest BCUT2D eigenvalue weighted by Crippen LogP contribution is -2.43. The van der Waals surface area contributed by atoms with Crippen molar-refractivity contribution in [3.63, 3.8) is 0 Å². The summed E-state index contributed by atoms with van der Waals surface area (Å²) < 4.78 is 94.7. The van der Waals surface area contributed by atoms with Gasteiger partial charge in [0.25, 0.3) is 0 Å². The highest BCUT2D eigenvalue weighted by atomic mass is 31.3. The Morgan fingerprint density at radius 2 is 0.413 bits per heavy atom. The van der Waals surface area contributed by atoms with E-state index in [9.17, 15) is 115 Å². The Bertz CT molecular complexity index is 1120. The van der Waals surface area contributed by atoms with Crippen LogP contribution in [0.5, 0.6) is 0 Å². The minimum atomic E-state index is -6.04.